The van der Waals surface area contributed by atoms with Gasteiger partial charge in [-0.2, -0.15) is 0 Å². The molecule has 1 aliphatic heterocycles. The summed E-state index contributed by atoms with van der Waals surface area (Å²) in [6.45, 7) is 0.907. The van der Waals surface area contributed by atoms with E-state index in [9.17, 15) is 0 Å². The molecule has 1 aliphatic rings. The summed E-state index contributed by atoms with van der Waals surface area (Å²) in [5.41, 5.74) is 1.30. The molecular formula is C8H8NaO. The summed E-state index contributed by atoms with van der Waals surface area (Å²) in [5.74, 6) is 0. The van der Waals surface area contributed by atoms with Crippen molar-refractivity contribution in [2.24, 2.45) is 0 Å². The summed E-state index contributed by atoms with van der Waals surface area (Å²) in [5, 5.41) is 0. The van der Waals surface area contributed by atoms with Crippen LogP contribution in [0.2, 0.25) is 0 Å². The van der Waals surface area contributed by atoms with E-state index in [4.69, 9.17) is 4.74 Å². The molecule has 0 bridgehead atoms. The largest absolute Gasteiger partial charge is 0.368 e. The van der Waals surface area contributed by atoms with Crippen LogP contribution in [0.15, 0.2) is 30.3 Å². The smallest absolute Gasteiger partial charge is 0.106 e. The molecule has 2 heteroatoms. The molecular weight excluding hydrogens is 135 g/mol. The first-order valence-electron chi connectivity index (χ1n) is 3.13. The summed E-state index contributed by atoms with van der Waals surface area (Å²) < 4.78 is 5.09. The molecule has 1 fully saturated rings. The summed E-state index contributed by atoms with van der Waals surface area (Å²) in [6.07, 6.45) is 0.409. The Morgan fingerprint density at radius 2 is 1.80 bits per heavy atom. The zero-order valence-corrected chi connectivity index (χ0v) is 8.08. The van der Waals surface area contributed by atoms with Crippen LogP contribution in [-0.4, -0.2) is 36.2 Å². The van der Waals surface area contributed by atoms with Gasteiger partial charge in [0.25, 0.3) is 0 Å². The average molecular weight is 143 g/mol. The van der Waals surface area contributed by atoms with Crippen LogP contribution in [-0.2, 0) is 4.74 Å². The van der Waals surface area contributed by atoms with E-state index >= 15 is 0 Å². The average Bonchev–Trinajstić information content (AvgIpc) is 2.71. The van der Waals surface area contributed by atoms with E-state index in [1.165, 1.54) is 5.56 Å². The van der Waals surface area contributed by atoms with Gasteiger partial charge >= 0.3 is 0 Å². The molecule has 1 atom stereocenters. The van der Waals surface area contributed by atoms with Crippen LogP contribution < -0.4 is 0 Å². The van der Waals surface area contributed by atoms with Gasteiger partial charge in [-0.15, -0.1) is 0 Å². The molecule has 1 unspecified atom stereocenters. The molecule has 0 aliphatic carbocycles. The van der Waals surface area contributed by atoms with E-state index in [1.807, 2.05) is 18.2 Å². The minimum Gasteiger partial charge on any atom is -0.368 e. The molecule has 47 valence electrons. The van der Waals surface area contributed by atoms with Crippen molar-refractivity contribution in [3.8, 4) is 0 Å². The maximum Gasteiger partial charge on any atom is 0.106 e. The van der Waals surface area contributed by atoms with Crippen molar-refractivity contribution < 1.29 is 4.74 Å². The summed E-state index contributed by atoms with van der Waals surface area (Å²) in [7, 11) is 0. The molecule has 1 aromatic rings. The predicted molar refractivity (Wildman–Crippen MR) is 40.9 cm³/mol. The Labute approximate surface area is 82.7 Å². The van der Waals surface area contributed by atoms with Gasteiger partial charge in [0.1, 0.15) is 6.10 Å². The van der Waals surface area contributed by atoms with Crippen LogP contribution >= 0.6 is 0 Å². The van der Waals surface area contributed by atoms with Gasteiger partial charge in [-0.25, -0.2) is 0 Å². The zero-order valence-electron chi connectivity index (χ0n) is 6.08. The Bertz CT molecular complexity index is 194. The Kier molecular flexibility index (Phi) is 2.93. The summed E-state index contributed by atoms with van der Waals surface area (Å²) in [6, 6.07) is 10.3. The molecule has 0 spiro atoms. The van der Waals surface area contributed by atoms with Gasteiger partial charge < -0.3 is 4.74 Å². The minimum atomic E-state index is 0. The van der Waals surface area contributed by atoms with E-state index in [2.05, 4.69) is 12.1 Å². The zero-order chi connectivity index (χ0) is 6.10. The molecule has 0 N–H and O–H groups in total. The van der Waals surface area contributed by atoms with Gasteiger partial charge in [-0.3, -0.25) is 0 Å². The van der Waals surface area contributed by atoms with Crippen molar-refractivity contribution in [1.29, 1.82) is 0 Å². The molecule has 10 heavy (non-hydrogen) atoms. The van der Waals surface area contributed by atoms with E-state index in [1.54, 1.807) is 0 Å². The summed E-state index contributed by atoms with van der Waals surface area (Å²) in [4.78, 5) is 0. The van der Waals surface area contributed by atoms with Gasteiger partial charge in [-0.05, 0) is 5.56 Å². The maximum absolute atomic E-state index is 5.09. The number of hydrogen-bond donors (Lipinski definition) is 0. The Hall–Kier alpha value is 0.180. The van der Waals surface area contributed by atoms with Gasteiger partial charge in [0.05, 0.1) is 6.61 Å². The standard InChI is InChI=1S/C8H8O.Na/c1-2-4-7(5-3-1)8-6-9-8;/h1-5,8H,6H2;. The van der Waals surface area contributed by atoms with Crippen LogP contribution in [0.4, 0.5) is 0 Å². The number of epoxide rings is 1. The SMILES string of the molecule is [Na].c1ccc(C2CO2)cc1. The van der Waals surface area contributed by atoms with Crippen molar-refractivity contribution in [2.75, 3.05) is 6.61 Å². The third-order valence-corrected chi connectivity index (χ3v) is 1.50. The molecule has 0 amide bonds. The van der Waals surface area contributed by atoms with Crippen LogP contribution in [0.25, 0.3) is 0 Å². The number of ether oxygens (including phenoxy) is 1. The molecule has 0 saturated carbocycles. The normalized spacial score (nSPS) is 21.4. The van der Waals surface area contributed by atoms with Gasteiger partial charge in [0.2, 0.25) is 0 Å². The number of benzene rings is 1. The van der Waals surface area contributed by atoms with Crippen LogP contribution in [0.5, 0.6) is 0 Å². The number of hydrogen-bond acceptors (Lipinski definition) is 1. The van der Waals surface area contributed by atoms with Gasteiger partial charge in [0.15, 0.2) is 0 Å². The van der Waals surface area contributed by atoms with E-state index in [-0.39, 0.29) is 29.6 Å². The Balaban J connectivity index is 0.000000500. The molecule has 1 saturated heterocycles. The van der Waals surface area contributed by atoms with E-state index in [0.717, 1.165) is 6.61 Å². The van der Waals surface area contributed by atoms with Crippen molar-refractivity contribution >= 4 is 29.6 Å². The molecule has 0 aromatic heterocycles. The van der Waals surface area contributed by atoms with Crippen molar-refractivity contribution in [2.45, 2.75) is 6.10 Å². The van der Waals surface area contributed by atoms with Gasteiger partial charge in [0, 0.05) is 29.6 Å². The first-order valence-corrected chi connectivity index (χ1v) is 3.13. The molecule has 1 heterocycles. The molecule has 1 nitrogen and oxygen atoms in total. The van der Waals surface area contributed by atoms with Crippen molar-refractivity contribution in [1.82, 2.24) is 0 Å². The fourth-order valence-electron chi connectivity index (χ4n) is 0.908. The third kappa shape index (κ3) is 1.83. The van der Waals surface area contributed by atoms with Crippen molar-refractivity contribution in [3.05, 3.63) is 35.9 Å². The Morgan fingerprint density at radius 1 is 1.20 bits per heavy atom. The second-order valence-electron chi connectivity index (χ2n) is 2.23. The quantitative estimate of drug-likeness (QED) is 0.427. The monoisotopic (exact) mass is 143 g/mol. The number of rotatable bonds is 1. The van der Waals surface area contributed by atoms with Crippen molar-refractivity contribution in [3.63, 3.8) is 0 Å². The van der Waals surface area contributed by atoms with Crippen LogP contribution in [0.3, 0.4) is 0 Å². The second kappa shape index (κ2) is 3.54. The van der Waals surface area contributed by atoms with E-state index < -0.39 is 0 Å². The van der Waals surface area contributed by atoms with Crippen LogP contribution in [0.1, 0.15) is 11.7 Å². The summed E-state index contributed by atoms with van der Waals surface area (Å²) >= 11 is 0. The first kappa shape index (κ1) is 8.28. The fraction of sp³-hybridized carbons (Fsp3) is 0.250. The molecule has 1 aromatic carbocycles. The molecule has 2 rings (SSSR count). The fourth-order valence-corrected chi connectivity index (χ4v) is 0.908. The van der Waals surface area contributed by atoms with Crippen LogP contribution in [0, 0.1) is 0 Å². The third-order valence-electron chi connectivity index (χ3n) is 1.50. The minimum absolute atomic E-state index is 0. The maximum atomic E-state index is 5.09. The topological polar surface area (TPSA) is 12.5 Å². The first-order chi connectivity index (χ1) is 4.47. The van der Waals surface area contributed by atoms with E-state index in [0.29, 0.717) is 6.10 Å². The Morgan fingerprint density at radius 3 is 2.30 bits per heavy atom. The molecule has 1 radical (unpaired) electrons. The predicted octanol–water partition coefficient (Wildman–Crippen LogP) is 1.38. The van der Waals surface area contributed by atoms with Gasteiger partial charge in [-0.1, -0.05) is 30.3 Å². The second-order valence-corrected chi connectivity index (χ2v) is 2.23.